The number of Topliss-reactive ketones (excluding diaryl/α,β-unsaturated/α-hetero) is 1. The first-order chi connectivity index (χ1) is 11.7. The number of allylic oxidation sites excluding steroid dienone is 2. The summed E-state index contributed by atoms with van der Waals surface area (Å²) in [6.07, 6.45) is 0. The van der Waals surface area contributed by atoms with Gasteiger partial charge in [0.1, 0.15) is 22.4 Å². The van der Waals surface area contributed by atoms with Gasteiger partial charge in [-0.2, -0.15) is 15.1 Å². The Labute approximate surface area is 143 Å². The molecule has 2 aromatic carbocycles. The van der Waals surface area contributed by atoms with E-state index in [1.165, 1.54) is 0 Å². The molecule has 3 rings (SSSR count). The number of carbonyl (C=O) groups is 1. The zero-order chi connectivity index (χ0) is 16.9. The van der Waals surface area contributed by atoms with E-state index >= 15 is 0 Å². The summed E-state index contributed by atoms with van der Waals surface area (Å²) in [4.78, 5) is 12.8. The molecule has 0 N–H and O–H groups in total. The number of aromatic nitrogens is 1. The van der Waals surface area contributed by atoms with Crippen LogP contribution in [0.25, 0.3) is 10.2 Å². The van der Waals surface area contributed by atoms with Gasteiger partial charge in [0.05, 0.1) is 5.57 Å². The molecule has 114 valence electrons. The normalized spacial score (nSPS) is 9.92. The van der Waals surface area contributed by atoms with Gasteiger partial charge in [0.2, 0.25) is 11.0 Å². The molecule has 3 aromatic rings. The van der Waals surface area contributed by atoms with Crippen molar-refractivity contribution >= 4 is 27.3 Å². The Kier molecular flexibility index (Phi) is 4.47. The van der Waals surface area contributed by atoms with Crippen LogP contribution in [-0.4, -0.2) is 5.78 Å². The van der Waals surface area contributed by atoms with Crippen LogP contribution in [-0.2, 0) is 6.54 Å². The molecule has 4 nitrogen and oxygen atoms in total. The maximum absolute atomic E-state index is 12.8. The number of hydrogen-bond donors (Lipinski definition) is 0. The van der Waals surface area contributed by atoms with E-state index in [1.54, 1.807) is 35.6 Å². The number of carbonyl (C=O) groups excluding carboxylic acids is 1. The van der Waals surface area contributed by atoms with Crippen LogP contribution in [0.3, 0.4) is 0 Å². The van der Waals surface area contributed by atoms with Crippen molar-refractivity contribution in [3.05, 3.63) is 76.8 Å². The van der Waals surface area contributed by atoms with Gasteiger partial charge >= 0.3 is 0 Å². The molecule has 0 saturated carbocycles. The van der Waals surface area contributed by atoms with Gasteiger partial charge in [-0.15, -0.1) is 0 Å². The molecule has 0 saturated heterocycles. The minimum Gasteiger partial charge on any atom is -0.289 e. The highest BCUT2D eigenvalue weighted by Gasteiger charge is 2.23. The third-order valence-corrected chi connectivity index (χ3v) is 4.60. The molecule has 0 atom stereocenters. The molecular weight excluding hydrogens is 318 g/mol. The lowest BCUT2D eigenvalue weighted by Crippen LogP contribution is -2.35. The number of rotatable bonds is 4. The first-order valence-corrected chi connectivity index (χ1v) is 8.11. The van der Waals surface area contributed by atoms with Gasteiger partial charge in [0.15, 0.2) is 12.3 Å². The summed E-state index contributed by atoms with van der Waals surface area (Å²) < 4.78 is 2.98. The van der Waals surface area contributed by atoms with Crippen molar-refractivity contribution in [2.24, 2.45) is 0 Å². The zero-order valence-corrected chi connectivity index (χ0v) is 13.5. The number of thiazole rings is 1. The highest BCUT2D eigenvalue weighted by molar-refractivity contribution is 7.16. The molecule has 0 fully saturated rings. The van der Waals surface area contributed by atoms with Crippen molar-refractivity contribution in [2.75, 3.05) is 0 Å². The molecule has 0 bridgehead atoms. The van der Waals surface area contributed by atoms with Gasteiger partial charge in [-0.05, 0) is 6.07 Å². The van der Waals surface area contributed by atoms with Gasteiger partial charge in [0, 0.05) is 11.6 Å². The lowest BCUT2D eigenvalue weighted by Gasteiger charge is -2.03. The lowest BCUT2D eigenvalue weighted by atomic mass is 9.99. The monoisotopic (exact) mass is 330 g/mol. The maximum Gasteiger partial charge on any atom is 0.226 e. The van der Waals surface area contributed by atoms with E-state index in [0.29, 0.717) is 5.56 Å². The van der Waals surface area contributed by atoms with Crippen LogP contribution in [0.15, 0.2) is 71.3 Å². The van der Waals surface area contributed by atoms with Crippen LogP contribution in [0.2, 0.25) is 0 Å². The van der Waals surface area contributed by atoms with Gasteiger partial charge < -0.3 is 0 Å². The molecule has 0 aliphatic rings. The van der Waals surface area contributed by atoms with Crippen LogP contribution < -0.4 is 4.57 Å². The summed E-state index contributed by atoms with van der Waals surface area (Å²) >= 11 is 1.55. The van der Waals surface area contributed by atoms with Gasteiger partial charge in [-0.25, -0.2) is 0 Å². The van der Waals surface area contributed by atoms with Crippen LogP contribution in [0.1, 0.15) is 10.4 Å². The first-order valence-electron chi connectivity index (χ1n) is 7.23. The van der Waals surface area contributed by atoms with Crippen LogP contribution >= 0.6 is 11.3 Å². The van der Waals surface area contributed by atoms with Gasteiger partial charge in [-0.1, -0.05) is 53.8 Å². The van der Waals surface area contributed by atoms with Crippen LogP contribution in [0.5, 0.6) is 0 Å². The second-order valence-corrected chi connectivity index (χ2v) is 5.98. The second kappa shape index (κ2) is 6.87. The predicted molar refractivity (Wildman–Crippen MR) is 91.0 cm³/mol. The molecule has 0 aliphatic heterocycles. The minimum absolute atomic E-state index is 0.147. The molecule has 1 heterocycles. The van der Waals surface area contributed by atoms with E-state index in [-0.39, 0.29) is 23.5 Å². The largest absolute Gasteiger partial charge is 0.289 e. The third kappa shape index (κ3) is 2.94. The van der Waals surface area contributed by atoms with Gasteiger partial charge in [0.25, 0.3) is 0 Å². The predicted octanol–water partition coefficient (Wildman–Crippen LogP) is 3.42. The number of nitrogens with zero attached hydrogens (tertiary/aromatic N) is 3. The fourth-order valence-electron chi connectivity index (χ4n) is 2.45. The van der Waals surface area contributed by atoms with Crippen molar-refractivity contribution in [1.82, 2.24) is 0 Å². The summed E-state index contributed by atoms with van der Waals surface area (Å²) in [5.41, 5.74) is 3.40. The quantitative estimate of drug-likeness (QED) is 0.318. The van der Waals surface area contributed by atoms with E-state index in [1.807, 2.05) is 52.5 Å². The maximum atomic E-state index is 12.8. The molecule has 5 heteroatoms. The zero-order valence-electron chi connectivity index (χ0n) is 12.6. The lowest BCUT2D eigenvalue weighted by molar-refractivity contribution is -0.658. The van der Waals surface area contributed by atoms with Crippen LogP contribution in [0, 0.1) is 22.7 Å². The minimum atomic E-state index is -0.295. The van der Waals surface area contributed by atoms with Gasteiger partial charge in [-0.3, -0.25) is 4.79 Å². The van der Waals surface area contributed by atoms with Crippen LogP contribution in [0.4, 0.5) is 0 Å². The standard InChI is InChI=1S/C19H12N3OS/c20-10-15(11-21)16(19(23)14-6-2-1-3-7-14)12-22-13-24-18-9-5-4-8-17(18)22/h1-9,13H,12H2/q+1. The summed E-state index contributed by atoms with van der Waals surface area (Å²) in [7, 11) is 0. The van der Waals surface area contributed by atoms with E-state index < -0.39 is 0 Å². The van der Waals surface area contributed by atoms with Crippen molar-refractivity contribution in [3.8, 4) is 12.1 Å². The van der Waals surface area contributed by atoms with E-state index in [2.05, 4.69) is 0 Å². The number of benzene rings is 2. The highest BCUT2D eigenvalue weighted by Crippen LogP contribution is 2.18. The third-order valence-electron chi connectivity index (χ3n) is 3.65. The second-order valence-electron chi connectivity index (χ2n) is 5.09. The Morgan fingerprint density at radius 3 is 2.38 bits per heavy atom. The van der Waals surface area contributed by atoms with Crippen molar-refractivity contribution in [3.63, 3.8) is 0 Å². The summed E-state index contributed by atoms with van der Waals surface area (Å²) in [6, 6.07) is 20.2. The summed E-state index contributed by atoms with van der Waals surface area (Å²) in [5, 5.41) is 18.5. The molecule has 0 spiro atoms. The smallest absolute Gasteiger partial charge is 0.226 e. The highest BCUT2D eigenvalue weighted by atomic mass is 32.1. The molecule has 0 aliphatic carbocycles. The Bertz CT molecular complexity index is 1000. The Hall–Kier alpha value is -3.28. The molecule has 24 heavy (non-hydrogen) atoms. The van der Waals surface area contributed by atoms with E-state index in [9.17, 15) is 15.3 Å². The Balaban J connectivity index is 2.08. The molecule has 0 unspecified atom stereocenters. The molecule has 0 amide bonds. The molecular formula is C19H12N3OS+. The molecule has 1 aromatic heterocycles. The average Bonchev–Trinajstić information content (AvgIpc) is 3.05. The number of ketones is 1. The number of para-hydroxylation sites is 1. The molecule has 0 radical (unpaired) electrons. The number of fused-ring (bicyclic) bond motifs is 1. The Morgan fingerprint density at radius 2 is 1.67 bits per heavy atom. The SMILES string of the molecule is N#CC(C#N)=C(C[n+]1csc2ccccc21)C(=O)c1ccccc1. The van der Waals surface area contributed by atoms with Crippen molar-refractivity contribution in [2.45, 2.75) is 6.54 Å². The number of hydrogen-bond acceptors (Lipinski definition) is 4. The van der Waals surface area contributed by atoms with Crippen molar-refractivity contribution < 1.29 is 9.36 Å². The summed E-state index contributed by atoms with van der Waals surface area (Å²) in [6.45, 7) is 0.189. The first kappa shape index (κ1) is 15.6. The van der Waals surface area contributed by atoms with E-state index in [0.717, 1.165) is 10.2 Å². The average molecular weight is 330 g/mol. The van der Waals surface area contributed by atoms with E-state index in [4.69, 9.17) is 0 Å². The number of nitriles is 2. The Morgan fingerprint density at radius 1 is 1.00 bits per heavy atom. The fourth-order valence-corrected chi connectivity index (χ4v) is 3.34. The fraction of sp³-hybridized carbons (Fsp3) is 0.0526. The van der Waals surface area contributed by atoms with Crippen molar-refractivity contribution in [1.29, 1.82) is 10.5 Å². The topological polar surface area (TPSA) is 68.5 Å². The summed E-state index contributed by atoms with van der Waals surface area (Å²) in [5.74, 6) is -0.295.